The summed E-state index contributed by atoms with van der Waals surface area (Å²) in [7, 11) is -3.80. The Kier molecular flexibility index (Phi) is 5.29. The van der Waals surface area contributed by atoms with Crippen molar-refractivity contribution in [2.24, 2.45) is 5.10 Å². The van der Waals surface area contributed by atoms with E-state index in [1.165, 1.54) is 24.3 Å². The van der Waals surface area contributed by atoms with Crippen LogP contribution in [-0.4, -0.2) is 26.5 Å². The van der Waals surface area contributed by atoms with Gasteiger partial charge in [-0.1, -0.05) is 0 Å². The minimum absolute atomic E-state index is 0.0879. The molecule has 1 N–H and O–H groups in total. The van der Waals surface area contributed by atoms with Crippen LogP contribution >= 0.6 is 11.8 Å². The molecule has 0 bridgehead atoms. The fraction of sp³-hybridized carbons (Fsp3) is 0.235. The molecule has 0 saturated carbocycles. The van der Waals surface area contributed by atoms with E-state index in [-0.39, 0.29) is 10.7 Å². The number of ether oxygens (including phenoxy) is 1. The summed E-state index contributed by atoms with van der Waals surface area (Å²) in [6.45, 7) is 2.36. The Morgan fingerprint density at radius 2 is 2.00 bits per heavy atom. The van der Waals surface area contributed by atoms with Crippen LogP contribution in [0.1, 0.15) is 18.9 Å². The largest absolute Gasteiger partial charge is 0.494 e. The van der Waals surface area contributed by atoms with Crippen molar-refractivity contribution >= 4 is 27.5 Å². The van der Waals surface area contributed by atoms with Crippen molar-refractivity contribution < 1.29 is 17.5 Å². The lowest BCUT2D eigenvalue weighted by Gasteiger charge is -2.17. The summed E-state index contributed by atoms with van der Waals surface area (Å²) < 4.78 is 43.6. The van der Waals surface area contributed by atoms with Crippen LogP contribution in [0.4, 0.5) is 4.39 Å². The number of halogens is 1. The van der Waals surface area contributed by atoms with Crippen molar-refractivity contribution in [3.8, 4) is 5.75 Å². The van der Waals surface area contributed by atoms with Gasteiger partial charge in [-0.15, -0.1) is 11.8 Å². The van der Waals surface area contributed by atoms with Gasteiger partial charge in [0.1, 0.15) is 11.6 Å². The predicted molar refractivity (Wildman–Crippen MR) is 96.2 cm³/mol. The monoisotopic (exact) mass is 380 g/mol. The molecule has 0 amide bonds. The predicted octanol–water partition coefficient (Wildman–Crippen LogP) is 3.40. The summed E-state index contributed by atoms with van der Waals surface area (Å²) in [5.74, 6) is 0.993. The zero-order valence-corrected chi connectivity index (χ0v) is 15.2. The first-order valence-electron chi connectivity index (χ1n) is 7.73. The van der Waals surface area contributed by atoms with Gasteiger partial charge in [0.05, 0.1) is 17.2 Å². The first-order chi connectivity index (χ1) is 12.0. The molecule has 0 radical (unpaired) electrons. The standard InChI is InChI=1S/C17H17FN2O3S2/c1-2-23-13-4-6-14(7-5-13)25(21,22)20-19-16-9-10-24-17-8-3-12(18)11-15(16)17/h3-8,11,20H,2,9-10H2,1H3/b19-16-. The molecule has 0 fully saturated rings. The van der Waals surface area contributed by atoms with Crippen LogP contribution in [0.15, 0.2) is 57.4 Å². The number of hydrogen-bond acceptors (Lipinski definition) is 5. The van der Waals surface area contributed by atoms with Crippen LogP contribution in [0.2, 0.25) is 0 Å². The van der Waals surface area contributed by atoms with Crippen molar-refractivity contribution in [2.45, 2.75) is 23.1 Å². The lowest BCUT2D eigenvalue weighted by molar-refractivity contribution is 0.340. The average Bonchev–Trinajstić information content (AvgIpc) is 2.61. The van der Waals surface area contributed by atoms with Gasteiger partial charge in [0.15, 0.2) is 0 Å². The quantitative estimate of drug-likeness (QED) is 0.808. The Morgan fingerprint density at radius 1 is 1.24 bits per heavy atom. The van der Waals surface area contributed by atoms with Crippen molar-refractivity contribution in [1.29, 1.82) is 0 Å². The Bertz CT molecular complexity index is 897. The van der Waals surface area contributed by atoms with Crippen molar-refractivity contribution in [1.82, 2.24) is 4.83 Å². The summed E-state index contributed by atoms with van der Waals surface area (Å²) in [5.41, 5.74) is 1.16. The lowest BCUT2D eigenvalue weighted by atomic mass is 10.1. The van der Waals surface area contributed by atoms with Crippen molar-refractivity contribution in [2.75, 3.05) is 12.4 Å². The number of hydrazone groups is 1. The molecule has 3 rings (SSSR count). The molecular formula is C17H17FN2O3S2. The van der Waals surface area contributed by atoms with Gasteiger partial charge in [-0.25, -0.2) is 4.39 Å². The maximum atomic E-state index is 13.5. The molecular weight excluding hydrogens is 363 g/mol. The highest BCUT2D eigenvalue weighted by Crippen LogP contribution is 2.30. The smallest absolute Gasteiger partial charge is 0.276 e. The Balaban J connectivity index is 1.83. The topological polar surface area (TPSA) is 67.8 Å². The van der Waals surface area contributed by atoms with Gasteiger partial charge in [-0.2, -0.15) is 18.4 Å². The second kappa shape index (κ2) is 7.45. The third-order valence-corrected chi connectivity index (χ3v) is 5.89. The van der Waals surface area contributed by atoms with Gasteiger partial charge < -0.3 is 4.74 Å². The van der Waals surface area contributed by atoms with Gasteiger partial charge in [0.2, 0.25) is 0 Å². The third-order valence-electron chi connectivity index (χ3n) is 3.59. The van der Waals surface area contributed by atoms with Gasteiger partial charge in [-0.3, -0.25) is 0 Å². The van der Waals surface area contributed by atoms with E-state index in [0.29, 0.717) is 30.1 Å². The summed E-state index contributed by atoms with van der Waals surface area (Å²) >= 11 is 1.60. The van der Waals surface area contributed by atoms with Gasteiger partial charge in [-0.05, 0) is 49.4 Å². The van der Waals surface area contributed by atoms with Crippen LogP contribution in [0.3, 0.4) is 0 Å². The number of hydrogen-bond donors (Lipinski definition) is 1. The summed E-state index contributed by atoms with van der Waals surface area (Å²) in [4.78, 5) is 3.23. The zero-order valence-electron chi connectivity index (χ0n) is 13.5. The molecule has 132 valence electrons. The van der Waals surface area contributed by atoms with Gasteiger partial charge in [0.25, 0.3) is 10.0 Å². The molecule has 0 aliphatic carbocycles. The Hall–Kier alpha value is -2.06. The molecule has 2 aromatic carbocycles. The SMILES string of the molecule is CCOc1ccc(S(=O)(=O)N/N=C2/CCSc3ccc(F)cc32)cc1. The lowest BCUT2D eigenvalue weighted by Crippen LogP contribution is -2.22. The number of fused-ring (bicyclic) bond motifs is 1. The van der Waals surface area contributed by atoms with Gasteiger partial charge >= 0.3 is 0 Å². The zero-order chi connectivity index (χ0) is 17.9. The first-order valence-corrected chi connectivity index (χ1v) is 10.2. The van der Waals surface area contributed by atoms with Crippen LogP contribution in [0, 0.1) is 5.82 Å². The van der Waals surface area contributed by atoms with Crippen LogP contribution in [-0.2, 0) is 10.0 Å². The Labute approximate surface area is 150 Å². The van der Waals surface area contributed by atoms with E-state index in [0.717, 1.165) is 10.6 Å². The molecule has 0 unspecified atom stereocenters. The van der Waals surface area contributed by atoms with E-state index in [4.69, 9.17) is 4.74 Å². The molecule has 2 aromatic rings. The highest BCUT2D eigenvalue weighted by atomic mass is 32.2. The highest BCUT2D eigenvalue weighted by molar-refractivity contribution is 7.99. The third kappa shape index (κ3) is 4.13. The molecule has 0 saturated heterocycles. The summed E-state index contributed by atoms with van der Waals surface area (Å²) in [6.07, 6.45) is 0.562. The molecule has 0 atom stereocenters. The normalized spacial score (nSPS) is 15.7. The van der Waals surface area contributed by atoms with E-state index < -0.39 is 10.0 Å². The van der Waals surface area contributed by atoms with Gasteiger partial charge in [0, 0.05) is 22.6 Å². The molecule has 1 aliphatic heterocycles. The fourth-order valence-corrected chi connectivity index (χ4v) is 4.25. The fourth-order valence-electron chi connectivity index (χ4n) is 2.41. The minimum Gasteiger partial charge on any atom is -0.494 e. The van der Waals surface area contributed by atoms with E-state index in [1.54, 1.807) is 30.0 Å². The van der Waals surface area contributed by atoms with Crippen LogP contribution in [0.5, 0.6) is 5.75 Å². The Morgan fingerprint density at radius 3 is 2.72 bits per heavy atom. The summed E-state index contributed by atoms with van der Waals surface area (Å²) in [5, 5.41) is 4.04. The number of rotatable bonds is 5. The van der Waals surface area contributed by atoms with E-state index in [2.05, 4.69) is 9.93 Å². The number of nitrogens with one attached hydrogen (secondary N) is 1. The minimum atomic E-state index is -3.80. The van der Waals surface area contributed by atoms with Crippen LogP contribution < -0.4 is 9.57 Å². The van der Waals surface area contributed by atoms with E-state index >= 15 is 0 Å². The first kappa shape index (κ1) is 17.8. The molecule has 0 aromatic heterocycles. The maximum absolute atomic E-state index is 13.5. The number of benzene rings is 2. The molecule has 25 heavy (non-hydrogen) atoms. The number of nitrogens with zero attached hydrogens (tertiary/aromatic N) is 1. The number of sulfonamides is 1. The summed E-state index contributed by atoms with van der Waals surface area (Å²) in [6, 6.07) is 10.5. The van der Waals surface area contributed by atoms with Crippen molar-refractivity contribution in [3.63, 3.8) is 0 Å². The molecule has 1 aliphatic rings. The molecule has 8 heteroatoms. The number of thioether (sulfide) groups is 1. The highest BCUT2D eigenvalue weighted by Gasteiger charge is 2.19. The van der Waals surface area contributed by atoms with Crippen molar-refractivity contribution in [3.05, 3.63) is 53.8 Å². The average molecular weight is 380 g/mol. The molecule has 0 spiro atoms. The van der Waals surface area contributed by atoms with E-state index in [1.807, 2.05) is 6.92 Å². The van der Waals surface area contributed by atoms with E-state index in [9.17, 15) is 12.8 Å². The second-order valence-corrected chi connectivity index (χ2v) is 8.09. The molecule has 5 nitrogen and oxygen atoms in total. The maximum Gasteiger partial charge on any atom is 0.276 e. The second-order valence-electron chi connectivity index (χ2n) is 5.30. The van der Waals surface area contributed by atoms with Crippen LogP contribution in [0.25, 0.3) is 0 Å². The molecule has 1 heterocycles.